The maximum absolute atomic E-state index is 5.51. The van der Waals surface area contributed by atoms with E-state index in [1.807, 2.05) is 18.2 Å². The highest BCUT2D eigenvalue weighted by Gasteiger charge is 2.27. The van der Waals surface area contributed by atoms with Crippen molar-refractivity contribution in [1.29, 1.82) is 0 Å². The summed E-state index contributed by atoms with van der Waals surface area (Å²) in [7, 11) is 0. The van der Waals surface area contributed by atoms with E-state index in [0.717, 1.165) is 64.4 Å². The molecule has 3 aromatic heterocycles. The van der Waals surface area contributed by atoms with Crippen molar-refractivity contribution in [3.05, 3.63) is 54.2 Å². The molecule has 1 aliphatic heterocycles. The topological polar surface area (TPSA) is 67.9 Å². The molecule has 0 radical (unpaired) electrons. The molecule has 4 aromatic rings. The molecule has 0 spiro atoms. The van der Waals surface area contributed by atoms with Crippen molar-refractivity contribution in [2.45, 2.75) is 38.5 Å². The van der Waals surface area contributed by atoms with Gasteiger partial charge in [-0.05, 0) is 25.0 Å². The second-order valence-electron chi connectivity index (χ2n) is 7.79. The molecule has 1 fully saturated rings. The molecule has 0 unspecified atom stereocenters. The number of piperidine rings is 1. The van der Waals surface area contributed by atoms with Gasteiger partial charge in [0.1, 0.15) is 10.3 Å². The zero-order valence-electron chi connectivity index (χ0n) is 16.6. The van der Waals surface area contributed by atoms with Gasteiger partial charge in [-0.3, -0.25) is 0 Å². The monoisotopic (exact) mass is 405 g/mol. The largest absolute Gasteiger partial charge is 0.348 e. The highest BCUT2D eigenvalue weighted by atomic mass is 32.1. The Kier molecular flexibility index (Phi) is 4.75. The van der Waals surface area contributed by atoms with E-state index in [-0.39, 0.29) is 0 Å². The summed E-state index contributed by atoms with van der Waals surface area (Å²) in [6.45, 7) is 6.05. The third-order valence-electron chi connectivity index (χ3n) is 5.40. The highest BCUT2D eigenvalue weighted by molar-refractivity contribution is 7.21. The number of nitrogens with zero attached hydrogens (tertiary/aromatic N) is 5. The lowest BCUT2D eigenvalue weighted by atomic mass is 9.97. The van der Waals surface area contributed by atoms with Gasteiger partial charge in [0.15, 0.2) is 11.0 Å². The first kappa shape index (κ1) is 18.2. The Bertz CT molecular complexity index is 1110. The van der Waals surface area contributed by atoms with Crippen molar-refractivity contribution < 1.29 is 4.52 Å². The molecule has 4 heterocycles. The van der Waals surface area contributed by atoms with Gasteiger partial charge >= 0.3 is 0 Å². The van der Waals surface area contributed by atoms with Gasteiger partial charge in [0.05, 0.1) is 5.69 Å². The van der Waals surface area contributed by atoms with Crippen LogP contribution in [-0.2, 0) is 0 Å². The van der Waals surface area contributed by atoms with E-state index in [1.54, 1.807) is 11.3 Å². The Morgan fingerprint density at radius 3 is 2.52 bits per heavy atom. The first-order valence-corrected chi connectivity index (χ1v) is 10.9. The summed E-state index contributed by atoms with van der Waals surface area (Å²) in [4.78, 5) is 17.6. The molecule has 0 amide bonds. The first-order chi connectivity index (χ1) is 14.2. The van der Waals surface area contributed by atoms with Crippen LogP contribution in [-0.4, -0.2) is 33.2 Å². The summed E-state index contributed by atoms with van der Waals surface area (Å²) in [6.07, 6.45) is 2.00. The molecular formula is C22H23N5OS. The van der Waals surface area contributed by atoms with E-state index in [9.17, 15) is 0 Å². The Morgan fingerprint density at radius 1 is 1.00 bits per heavy atom. The van der Waals surface area contributed by atoms with Gasteiger partial charge in [-0.2, -0.15) is 4.98 Å². The summed E-state index contributed by atoms with van der Waals surface area (Å²) in [5, 5.41) is 5.16. The molecule has 7 heteroatoms. The third-order valence-corrected chi connectivity index (χ3v) is 6.43. The van der Waals surface area contributed by atoms with Crippen molar-refractivity contribution in [3.63, 3.8) is 0 Å². The quantitative estimate of drug-likeness (QED) is 0.462. The zero-order chi connectivity index (χ0) is 19.8. The van der Waals surface area contributed by atoms with Gasteiger partial charge in [-0.25, -0.2) is 9.97 Å². The van der Waals surface area contributed by atoms with Gasteiger partial charge in [0.2, 0.25) is 5.89 Å². The molecule has 1 aromatic carbocycles. The van der Waals surface area contributed by atoms with Gasteiger partial charge < -0.3 is 9.42 Å². The Labute approximate surface area is 173 Å². The standard InChI is InChI=1S/C22H23N5OS/c1-14(2)19-25-20(28-26-19)16-10-12-27(13-11-16)22-24-18-9-8-17(23-21(18)29-22)15-6-4-3-5-7-15/h3-9,14,16H,10-13H2,1-2H3. The lowest BCUT2D eigenvalue weighted by Gasteiger charge is -2.29. The number of rotatable bonds is 4. The van der Waals surface area contributed by atoms with Crippen molar-refractivity contribution in [2.75, 3.05) is 18.0 Å². The summed E-state index contributed by atoms with van der Waals surface area (Å²) in [5.41, 5.74) is 3.08. The van der Waals surface area contributed by atoms with Crippen LogP contribution in [0.3, 0.4) is 0 Å². The molecule has 148 valence electrons. The van der Waals surface area contributed by atoms with E-state index in [1.165, 1.54) is 0 Å². The minimum atomic E-state index is 0.295. The molecule has 0 atom stereocenters. The van der Waals surface area contributed by atoms with E-state index in [0.29, 0.717) is 11.8 Å². The van der Waals surface area contributed by atoms with Gasteiger partial charge in [0, 0.05) is 30.5 Å². The molecule has 5 rings (SSSR count). The average Bonchev–Trinajstić information content (AvgIpc) is 3.41. The van der Waals surface area contributed by atoms with Gasteiger partial charge in [0.25, 0.3) is 0 Å². The maximum Gasteiger partial charge on any atom is 0.229 e. The Hall–Kier alpha value is -2.80. The molecule has 1 saturated heterocycles. The molecule has 0 saturated carbocycles. The fourth-order valence-electron chi connectivity index (χ4n) is 3.68. The number of hydrogen-bond acceptors (Lipinski definition) is 7. The van der Waals surface area contributed by atoms with E-state index >= 15 is 0 Å². The van der Waals surface area contributed by atoms with Crippen molar-refractivity contribution in [2.24, 2.45) is 0 Å². The molecule has 0 bridgehead atoms. The van der Waals surface area contributed by atoms with Crippen molar-refractivity contribution >= 4 is 26.8 Å². The SMILES string of the molecule is CC(C)c1noc(C2CCN(c3nc4ccc(-c5ccccc5)nc4s3)CC2)n1. The smallest absolute Gasteiger partial charge is 0.229 e. The number of aromatic nitrogens is 4. The Morgan fingerprint density at radius 2 is 1.79 bits per heavy atom. The van der Waals surface area contributed by atoms with E-state index < -0.39 is 0 Å². The molecule has 1 aliphatic rings. The zero-order valence-corrected chi connectivity index (χ0v) is 17.4. The van der Waals surface area contributed by atoms with Crippen LogP contribution in [0.4, 0.5) is 5.13 Å². The van der Waals surface area contributed by atoms with Gasteiger partial charge in [-0.1, -0.05) is 60.7 Å². The fraction of sp³-hybridized carbons (Fsp3) is 0.364. The number of anilines is 1. The lowest BCUT2D eigenvalue weighted by molar-refractivity contribution is 0.326. The molecular weight excluding hydrogens is 382 g/mol. The van der Waals surface area contributed by atoms with Crippen LogP contribution in [0.5, 0.6) is 0 Å². The summed E-state index contributed by atoms with van der Waals surface area (Å²) in [6, 6.07) is 14.4. The number of fused-ring (bicyclic) bond motifs is 1. The van der Waals surface area contributed by atoms with Crippen molar-refractivity contribution in [3.8, 4) is 11.3 Å². The maximum atomic E-state index is 5.51. The predicted molar refractivity (Wildman–Crippen MR) is 115 cm³/mol. The molecule has 6 nitrogen and oxygen atoms in total. The van der Waals surface area contributed by atoms with E-state index in [2.05, 4.69) is 53.2 Å². The molecule has 0 aliphatic carbocycles. The van der Waals surface area contributed by atoms with Crippen LogP contribution < -0.4 is 4.90 Å². The normalized spacial score (nSPS) is 15.5. The van der Waals surface area contributed by atoms with Crippen LogP contribution in [0, 0.1) is 0 Å². The summed E-state index contributed by atoms with van der Waals surface area (Å²) < 4.78 is 5.51. The number of pyridine rings is 1. The number of hydrogen-bond donors (Lipinski definition) is 0. The summed E-state index contributed by atoms with van der Waals surface area (Å²) >= 11 is 1.67. The second kappa shape index (κ2) is 7.55. The minimum absolute atomic E-state index is 0.295. The predicted octanol–water partition coefficient (Wildman–Crippen LogP) is 5.25. The van der Waals surface area contributed by atoms with Crippen LogP contribution >= 0.6 is 11.3 Å². The Balaban J connectivity index is 1.31. The van der Waals surface area contributed by atoms with Crippen LogP contribution in [0.2, 0.25) is 0 Å². The van der Waals surface area contributed by atoms with Gasteiger partial charge in [-0.15, -0.1) is 0 Å². The van der Waals surface area contributed by atoms with E-state index in [4.69, 9.17) is 14.5 Å². The van der Waals surface area contributed by atoms with Crippen LogP contribution in [0.15, 0.2) is 47.0 Å². The third kappa shape index (κ3) is 3.62. The van der Waals surface area contributed by atoms with Crippen molar-refractivity contribution in [1.82, 2.24) is 20.1 Å². The minimum Gasteiger partial charge on any atom is -0.348 e. The first-order valence-electron chi connectivity index (χ1n) is 10.1. The fourth-order valence-corrected chi connectivity index (χ4v) is 4.67. The average molecular weight is 406 g/mol. The van der Waals surface area contributed by atoms with Crippen LogP contribution in [0.1, 0.15) is 50.2 Å². The van der Waals surface area contributed by atoms with Crippen LogP contribution in [0.25, 0.3) is 21.6 Å². The number of benzene rings is 1. The second-order valence-corrected chi connectivity index (χ2v) is 8.75. The molecule has 29 heavy (non-hydrogen) atoms. The highest BCUT2D eigenvalue weighted by Crippen LogP contribution is 2.34. The number of thiazole rings is 1. The summed E-state index contributed by atoms with van der Waals surface area (Å²) in [5.74, 6) is 2.22. The lowest BCUT2D eigenvalue weighted by Crippen LogP contribution is -2.32. The molecule has 0 N–H and O–H groups in total.